The Bertz CT molecular complexity index is 764. The summed E-state index contributed by atoms with van der Waals surface area (Å²) in [7, 11) is 0. The van der Waals surface area contributed by atoms with Crippen LogP contribution in [0.5, 0.6) is 5.75 Å². The van der Waals surface area contributed by atoms with Crippen LogP contribution >= 0.6 is 0 Å². The highest BCUT2D eigenvalue weighted by atomic mass is 16.5. The molecule has 0 unspecified atom stereocenters. The van der Waals surface area contributed by atoms with E-state index in [0.717, 1.165) is 49.0 Å². The first kappa shape index (κ1) is 15.3. The van der Waals surface area contributed by atoms with Gasteiger partial charge in [0.15, 0.2) is 0 Å². The van der Waals surface area contributed by atoms with Gasteiger partial charge >= 0.3 is 0 Å². The van der Waals surface area contributed by atoms with Crippen LogP contribution in [0.2, 0.25) is 0 Å². The fourth-order valence-corrected chi connectivity index (χ4v) is 3.66. The summed E-state index contributed by atoms with van der Waals surface area (Å²) in [6.45, 7) is 7.88. The van der Waals surface area contributed by atoms with Crippen molar-refractivity contribution in [2.75, 3.05) is 26.2 Å². The summed E-state index contributed by atoms with van der Waals surface area (Å²) in [6.07, 6.45) is 3.41. The van der Waals surface area contributed by atoms with E-state index < -0.39 is 0 Å². The van der Waals surface area contributed by atoms with Crippen LogP contribution < -0.4 is 4.74 Å². The van der Waals surface area contributed by atoms with Crippen molar-refractivity contribution in [1.29, 1.82) is 0 Å². The Hall–Kier alpha value is -2.20. The van der Waals surface area contributed by atoms with E-state index in [4.69, 9.17) is 4.74 Å². The van der Waals surface area contributed by atoms with E-state index in [1.165, 1.54) is 11.1 Å². The summed E-state index contributed by atoms with van der Waals surface area (Å²) in [5.41, 5.74) is 4.66. The molecule has 4 heteroatoms. The van der Waals surface area contributed by atoms with Crippen molar-refractivity contribution in [3.63, 3.8) is 0 Å². The summed E-state index contributed by atoms with van der Waals surface area (Å²) in [5.74, 6) is 2.44. The van der Waals surface area contributed by atoms with Gasteiger partial charge in [0, 0.05) is 36.0 Å². The van der Waals surface area contributed by atoms with Crippen LogP contribution in [-0.4, -0.2) is 41.1 Å². The largest absolute Gasteiger partial charge is 0.489 e. The van der Waals surface area contributed by atoms with Crippen LogP contribution in [0.1, 0.15) is 35.1 Å². The third-order valence-corrected chi connectivity index (χ3v) is 4.76. The quantitative estimate of drug-likeness (QED) is 0.869. The van der Waals surface area contributed by atoms with Gasteiger partial charge in [-0.2, -0.15) is 0 Å². The van der Waals surface area contributed by atoms with E-state index in [2.05, 4.69) is 33.1 Å². The van der Waals surface area contributed by atoms with Gasteiger partial charge in [0.05, 0.1) is 0 Å². The highest BCUT2D eigenvalue weighted by Gasteiger charge is 2.27. The van der Waals surface area contributed by atoms with Crippen molar-refractivity contribution in [1.82, 2.24) is 14.9 Å². The van der Waals surface area contributed by atoms with Gasteiger partial charge in [-0.25, -0.2) is 9.97 Å². The third-order valence-electron chi connectivity index (χ3n) is 4.76. The van der Waals surface area contributed by atoms with E-state index in [0.29, 0.717) is 12.5 Å². The summed E-state index contributed by atoms with van der Waals surface area (Å²) in [6, 6.07) is 10.3. The van der Waals surface area contributed by atoms with Crippen LogP contribution in [0.3, 0.4) is 0 Å². The SMILES string of the molecule is Cc1cc(C)nc([C@H]2CCN(CC3=Cc4ccccc4OC3)C2)n1. The van der Waals surface area contributed by atoms with Crippen molar-refractivity contribution in [2.24, 2.45) is 0 Å². The van der Waals surface area contributed by atoms with Crippen LogP contribution in [-0.2, 0) is 0 Å². The third kappa shape index (κ3) is 3.20. The summed E-state index contributed by atoms with van der Waals surface area (Å²) in [4.78, 5) is 11.8. The Morgan fingerprint density at radius 1 is 1.17 bits per heavy atom. The number of para-hydroxylation sites is 1. The minimum atomic E-state index is 0.445. The van der Waals surface area contributed by atoms with Gasteiger partial charge in [0.1, 0.15) is 18.2 Å². The summed E-state index contributed by atoms with van der Waals surface area (Å²) in [5, 5.41) is 0. The van der Waals surface area contributed by atoms with Gasteiger partial charge in [0.25, 0.3) is 0 Å². The van der Waals surface area contributed by atoms with E-state index in [-0.39, 0.29) is 0 Å². The molecule has 1 saturated heterocycles. The first-order valence-electron chi connectivity index (χ1n) is 8.63. The number of fused-ring (bicyclic) bond motifs is 1. The zero-order valence-corrected chi connectivity index (χ0v) is 14.3. The van der Waals surface area contributed by atoms with Crippen molar-refractivity contribution in [3.8, 4) is 5.75 Å². The molecule has 4 rings (SSSR count). The molecule has 0 N–H and O–H groups in total. The lowest BCUT2D eigenvalue weighted by molar-refractivity contribution is 0.308. The molecule has 1 atom stereocenters. The standard InChI is InChI=1S/C20H23N3O/c1-14-9-15(2)22-20(21-14)18-7-8-23(12-18)11-16-10-17-5-3-4-6-19(17)24-13-16/h3-6,9-10,18H,7-8,11-13H2,1-2H3/t18-/m0/s1. The van der Waals surface area contributed by atoms with Crippen LogP contribution in [0, 0.1) is 13.8 Å². The molecule has 1 aromatic carbocycles. The second-order valence-electron chi connectivity index (χ2n) is 6.86. The van der Waals surface area contributed by atoms with Gasteiger partial charge in [-0.1, -0.05) is 18.2 Å². The van der Waals surface area contributed by atoms with Gasteiger partial charge in [0.2, 0.25) is 0 Å². The molecule has 2 aromatic rings. The number of aryl methyl sites for hydroxylation is 2. The van der Waals surface area contributed by atoms with Gasteiger partial charge in [-0.15, -0.1) is 0 Å². The van der Waals surface area contributed by atoms with E-state index in [9.17, 15) is 0 Å². The lowest BCUT2D eigenvalue weighted by Gasteiger charge is -2.22. The Morgan fingerprint density at radius 3 is 2.79 bits per heavy atom. The molecule has 0 aliphatic carbocycles. The zero-order chi connectivity index (χ0) is 16.5. The second-order valence-corrected chi connectivity index (χ2v) is 6.86. The van der Waals surface area contributed by atoms with E-state index in [1.54, 1.807) is 0 Å². The summed E-state index contributed by atoms with van der Waals surface area (Å²) >= 11 is 0. The molecule has 0 amide bonds. The maximum atomic E-state index is 5.87. The molecule has 1 fully saturated rings. The number of ether oxygens (including phenoxy) is 1. The summed E-state index contributed by atoms with van der Waals surface area (Å²) < 4.78 is 5.87. The van der Waals surface area contributed by atoms with Crippen LogP contribution in [0.15, 0.2) is 35.9 Å². The van der Waals surface area contributed by atoms with Crippen molar-refractivity contribution in [3.05, 3.63) is 58.7 Å². The molecule has 3 heterocycles. The first-order valence-corrected chi connectivity index (χ1v) is 8.63. The lowest BCUT2D eigenvalue weighted by atomic mass is 10.1. The Labute approximate surface area is 143 Å². The Morgan fingerprint density at radius 2 is 1.96 bits per heavy atom. The number of aromatic nitrogens is 2. The highest BCUT2D eigenvalue weighted by Crippen LogP contribution is 2.29. The lowest BCUT2D eigenvalue weighted by Crippen LogP contribution is -2.26. The van der Waals surface area contributed by atoms with E-state index >= 15 is 0 Å². The molecule has 0 radical (unpaired) electrons. The van der Waals surface area contributed by atoms with Gasteiger partial charge in [-0.05, 0) is 50.6 Å². The number of benzene rings is 1. The topological polar surface area (TPSA) is 38.2 Å². The normalized spacial score (nSPS) is 20.4. The fraction of sp³-hybridized carbons (Fsp3) is 0.400. The number of nitrogens with zero attached hydrogens (tertiary/aromatic N) is 3. The smallest absolute Gasteiger partial charge is 0.133 e. The number of hydrogen-bond donors (Lipinski definition) is 0. The zero-order valence-electron chi connectivity index (χ0n) is 14.3. The first-order chi connectivity index (χ1) is 11.7. The van der Waals surface area contributed by atoms with Gasteiger partial charge < -0.3 is 4.74 Å². The molecule has 2 aliphatic heterocycles. The Kier molecular flexibility index (Phi) is 4.07. The fourth-order valence-electron chi connectivity index (χ4n) is 3.66. The molecule has 0 bridgehead atoms. The molecule has 1 aromatic heterocycles. The molecule has 124 valence electrons. The van der Waals surface area contributed by atoms with Crippen molar-refractivity contribution in [2.45, 2.75) is 26.2 Å². The number of rotatable bonds is 3. The number of likely N-dealkylation sites (tertiary alicyclic amines) is 1. The van der Waals surface area contributed by atoms with Crippen LogP contribution in [0.4, 0.5) is 0 Å². The van der Waals surface area contributed by atoms with Gasteiger partial charge in [-0.3, -0.25) is 4.90 Å². The molecule has 4 nitrogen and oxygen atoms in total. The molecule has 24 heavy (non-hydrogen) atoms. The minimum Gasteiger partial charge on any atom is -0.489 e. The highest BCUT2D eigenvalue weighted by molar-refractivity contribution is 5.62. The van der Waals surface area contributed by atoms with Crippen molar-refractivity contribution < 1.29 is 4.74 Å². The maximum absolute atomic E-state index is 5.87. The average molecular weight is 321 g/mol. The molecule has 0 saturated carbocycles. The molecule has 2 aliphatic rings. The van der Waals surface area contributed by atoms with Crippen molar-refractivity contribution >= 4 is 6.08 Å². The van der Waals surface area contributed by atoms with Crippen LogP contribution in [0.25, 0.3) is 6.08 Å². The predicted octanol–water partition coefficient (Wildman–Crippen LogP) is 3.36. The minimum absolute atomic E-state index is 0.445. The average Bonchev–Trinajstić information content (AvgIpc) is 3.02. The molecular formula is C20H23N3O. The number of hydrogen-bond acceptors (Lipinski definition) is 4. The second kappa shape index (κ2) is 6.36. The molecular weight excluding hydrogens is 298 g/mol. The molecule has 0 spiro atoms. The Balaban J connectivity index is 1.44. The van der Waals surface area contributed by atoms with E-state index in [1.807, 2.05) is 32.0 Å². The predicted molar refractivity (Wildman–Crippen MR) is 95.2 cm³/mol. The monoisotopic (exact) mass is 321 g/mol. The maximum Gasteiger partial charge on any atom is 0.133 e.